The summed E-state index contributed by atoms with van der Waals surface area (Å²) in [6.45, 7) is 2.84. The summed E-state index contributed by atoms with van der Waals surface area (Å²) in [5, 5.41) is 2.68. The number of nitrogens with one attached hydrogen (secondary N) is 1. The van der Waals surface area contributed by atoms with E-state index in [1.807, 2.05) is 0 Å². The van der Waals surface area contributed by atoms with Crippen LogP contribution < -0.4 is 5.32 Å². The SMILES string of the molecule is CCOC(=O)C1CCCN(C(=O)CN(C)C(=O)c2ccc(NC(=O)c3ccco3)cc2)C1. The molecule has 1 saturated heterocycles. The van der Waals surface area contributed by atoms with Gasteiger partial charge in [0.25, 0.3) is 11.8 Å². The number of likely N-dealkylation sites (tertiary alicyclic amines) is 1. The summed E-state index contributed by atoms with van der Waals surface area (Å²) in [6.07, 6.45) is 2.83. The predicted molar refractivity (Wildman–Crippen MR) is 116 cm³/mol. The second-order valence-electron chi connectivity index (χ2n) is 7.60. The zero-order valence-corrected chi connectivity index (χ0v) is 18.2. The zero-order valence-electron chi connectivity index (χ0n) is 18.2. The number of rotatable bonds is 7. The molecule has 32 heavy (non-hydrogen) atoms. The Bertz CT molecular complexity index is 955. The maximum atomic E-state index is 12.7. The number of nitrogens with zero attached hydrogens (tertiary/aromatic N) is 2. The minimum Gasteiger partial charge on any atom is -0.466 e. The molecule has 1 aromatic carbocycles. The summed E-state index contributed by atoms with van der Waals surface area (Å²) < 4.78 is 10.1. The molecular formula is C23H27N3O6. The monoisotopic (exact) mass is 441 g/mol. The zero-order chi connectivity index (χ0) is 23.1. The van der Waals surface area contributed by atoms with Crippen molar-refractivity contribution < 1.29 is 28.3 Å². The van der Waals surface area contributed by atoms with Crippen LogP contribution in [-0.2, 0) is 14.3 Å². The van der Waals surface area contributed by atoms with Gasteiger partial charge < -0.3 is 24.3 Å². The summed E-state index contributed by atoms with van der Waals surface area (Å²) in [5.41, 5.74) is 0.902. The van der Waals surface area contributed by atoms with Crippen molar-refractivity contribution in [2.75, 3.05) is 38.6 Å². The van der Waals surface area contributed by atoms with E-state index in [0.29, 0.717) is 37.4 Å². The third-order valence-corrected chi connectivity index (χ3v) is 5.25. The number of anilines is 1. The molecule has 2 heterocycles. The van der Waals surface area contributed by atoms with E-state index in [4.69, 9.17) is 9.15 Å². The van der Waals surface area contributed by atoms with Gasteiger partial charge in [-0.1, -0.05) is 0 Å². The molecule has 1 atom stereocenters. The first-order chi connectivity index (χ1) is 15.4. The van der Waals surface area contributed by atoms with Gasteiger partial charge in [0.2, 0.25) is 5.91 Å². The van der Waals surface area contributed by atoms with E-state index in [-0.39, 0.29) is 41.9 Å². The molecule has 1 N–H and O–H groups in total. The van der Waals surface area contributed by atoms with Crippen molar-refractivity contribution in [2.24, 2.45) is 5.92 Å². The highest BCUT2D eigenvalue weighted by molar-refractivity contribution is 6.02. The fourth-order valence-corrected chi connectivity index (χ4v) is 3.55. The molecule has 1 aliphatic rings. The molecule has 3 rings (SSSR count). The summed E-state index contributed by atoms with van der Waals surface area (Å²) in [7, 11) is 1.56. The molecule has 1 fully saturated rings. The van der Waals surface area contributed by atoms with E-state index in [1.165, 1.54) is 11.2 Å². The third kappa shape index (κ3) is 5.75. The predicted octanol–water partition coefficient (Wildman–Crippen LogP) is 2.41. The van der Waals surface area contributed by atoms with Gasteiger partial charge in [0.1, 0.15) is 0 Å². The van der Waals surface area contributed by atoms with Gasteiger partial charge in [-0.05, 0) is 56.2 Å². The fraction of sp³-hybridized carbons (Fsp3) is 0.391. The Morgan fingerprint density at radius 3 is 2.59 bits per heavy atom. The molecule has 9 heteroatoms. The highest BCUT2D eigenvalue weighted by atomic mass is 16.5. The smallest absolute Gasteiger partial charge is 0.310 e. The molecular weight excluding hydrogens is 414 g/mol. The van der Waals surface area contributed by atoms with Crippen molar-refractivity contribution in [2.45, 2.75) is 19.8 Å². The number of carbonyl (C=O) groups excluding carboxylic acids is 4. The lowest BCUT2D eigenvalue weighted by Crippen LogP contribution is -2.47. The highest BCUT2D eigenvalue weighted by Crippen LogP contribution is 2.19. The number of hydrogen-bond donors (Lipinski definition) is 1. The van der Waals surface area contributed by atoms with Crippen molar-refractivity contribution >= 4 is 29.4 Å². The largest absolute Gasteiger partial charge is 0.466 e. The quantitative estimate of drug-likeness (QED) is 0.661. The van der Waals surface area contributed by atoms with E-state index >= 15 is 0 Å². The van der Waals surface area contributed by atoms with E-state index < -0.39 is 0 Å². The number of esters is 1. The first kappa shape index (κ1) is 23.1. The number of ether oxygens (including phenoxy) is 1. The number of likely N-dealkylation sites (N-methyl/N-ethyl adjacent to an activating group) is 1. The Hall–Kier alpha value is -3.62. The van der Waals surface area contributed by atoms with Crippen molar-refractivity contribution in [3.05, 3.63) is 54.0 Å². The molecule has 170 valence electrons. The van der Waals surface area contributed by atoms with Gasteiger partial charge in [-0.3, -0.25) is 19.2 Å². The Morgan fingerprint density at radius 2 is 1.94 bits per heavy atom. The Labute approximate surface area is 186 Å². The standard InChI is InChI=1S/C23H27N3O6/c1-3-31-23(30)17-6-4-12-26(14-17)20(27)15-25(2)22(29)16-8-10-18(11-9-16)24-21(28)19-7-5-13-32-19/h5,7-11,13,17H,3-4,6,12,14-15H2,1-2H3,(H,24,28). The number of hydrogen-bond acceptors (Lipinski definition) is 6. The Balaban J connectivity index is 1.54. The average Bonchev–Trinajstić information content (AvgIpc) is 3.34. The first-order valence-corrected chi connectivity index (χ1v) is 10.5. The van der Waals surface area contributed by atoms with Gasteiger partial charge >= 0.3 is 5.97 Å². The lowest BCUT2D eigenvalue weighted by atomic mass is 9.98. The van der Waals surface area contributed by atoms with Gasteiger partial charge in [0, 0.05) is 31.4 Å². The van der Waals surface area contributed by atoms with Gasteiger partial charge in [0.05, 0.1) is 25.3 Å². The summed E-state index contributed by atoms with van der Waals surface area (Å²) in [6, 6.07) is 9.55. The normalized spacial score (nSPS) is 15.7. The summed E-state index contributed by atoms with van der Waals surface area (Å²) in [5.74, 6) is -1.34. The minimum absolute atomic E-state index is 0.0919. The molecule has 0 radical (unpaired) electrons. The van der Waals surface area contributed by atoms with Gasteiger partial charge in [0.15, 0.2) is 5.76 Å². The van der Waals surface area contributed by atoms with Crippen LogP contribution in [0, 0.1) is 5.92 Å². The second kappa shape index (κ2) is 10.6. The van der Waals surface area contributed by atoms with E-state index in [2.05, 4.69) is 5.32 Å². The molecule has 0 spiro atoms. The maximum Gasteiger partial charge on any atom is 0.310 e. The van der Waals surface area contributed by atoms with Crippen LogP contribution in [0.3, 0.4) is 0 Å². The lowest BCUT2D eigenvalue weighted by Gasteiger charge is -2.32. The third-order valence-electron chi connectivity index (χ3n) is 5.25. The molecule has 1 aliphatic heterocycles. The van der Waals surface area contributed by atoms with Crippen LogP contribution in [0.1, 0.15) is 40.7 Å². The fourth-order valence-electron chi connectivity index (χ4n) is 3.55. The molecule has 3 amide bonds. The van der Waals surface area contributed by atoms with Crippen LogP contribution in [0.15, 0.2) is 47.1 Å². The molecule has 1 aromatic heterocycles. The van der Waals surface area contributed by atoms with Gasteiger partial charge in [-0.2, -0.15) is 0 Å². The van der Waals surface area contributed by atoms with E-state index in [0.717, 1.165) is 6.42 Å². The Kier molecular flexibility index (Phi) is 7.64. The van der Waals surface area contributed by atoms with Crippen LogP contribution in [0.4, 0.5) is 5.69 Å². The molecule has 2 aromatic rings. The molecule has 0 bridgehead atoms. The van der Waals surface area contributed by atoms with Crippen molar-refractivity contribution in [1.29, 1.82) is 0 Å². The van der Waals surface area contributed by atoms with E-state index in [1.54, 1.807) is 55.3 Å². The maximum absolute atomic E-state index is 12.7. The topological polar surface area (TPSA) is 109 Å². The second-order valence-corrected chi connectivity index (χ2v) is 7.60. The number of piperidine rings is 1. The lowest BCUT2D eigenvalue weighted by molar-refractivity contribution is -0.151. The van der Waals surface area contributed by atoms with E-state index in [9.17, 15) is 19.2 Å². The molecule has 1 unspecified atom stereocenters. The van der Waals surface area contributed by atoms with Crippen LogP contribution in [0.2, 0.25) is 0 Å². The highest BCUT2D eigenvalue weighted by Gasteiger charge is 2.30. The summed E-state index contributed by atoms with van der Waals surface area (Å²) in [4.78, 5) is 52.4. The molecule has 9 nitrogen and oxygen atoms in total. The first-order valence-electron chi connectivity index (χ1n) is 10.5. The minimum atomic E-state index is -0.389. The van der Waals surface area contributed by atoms with Crippen LogP contribution in [0.5, 0.6) is 0 Å². The van der Waals surface area contributed by atoms with Crippen molar-refractivity contribution in [1.82, 2.24) is 9.80 Å². The van der Waals surface area contributed by atoms with Gasteiger partial charge in [-0.25, -0.2) is 0 Å². The number of amides is 3. The van der Waals surface area contributed by atoms with Crippen LogP contribution in [0.25, 0.3) is 0 Å². The average molecular weight is 441 g/mol. The molecule has 0 saturated carbocycles. The van der Waals surface area contributed by atoms with Crippen LogP contribution >= 0.6 is 0 Å². The van der Waals surface area contributed by atoms with Gasteiger partial charge in [-0.15, -0.1) is 0 Å². The summed E-state index contributed by atoms with van der Waals surface area (Å²) >= 11 is 0. The van der Waals surface area contributed by atoms with Crippen molar-refractivity contribution in [3.63, 3.8) is 0 Å². The number of benzene rings is 1. The van der Waals surface area contributed by atoms with Crippen molar-refractivity contribution in [3.8, 4) is 0 Å². The molecule has 0 aliphatic carbocycles. The number of furan rings is 1. The van der Waals surface area contributed by atoms with Crippen LogP contribution in [-0.4, -0.2) is 66.8 Å². The number of carbonyl (C=O) groups is 4. The Morgan fingerprint density at radius 1 is 1.19 bits per heavy atom.